The summed E-state index contributed by atoms with van der Waals surface area (Å²) in [6.45, 7) is 1.68. The van der Waals surface area contributed by atoms with Crippen molar-refractivity contribution in [1.82, 2.24) is 5.32 Å². The molecular weight excluding hydrogens is 246 g/mol. The van der Waals surface area contributed by atoms with E-state index in [2.05, 4.69) is 10.2 Å². The Morgan fingerprint density at radius 2 is 2.37 bits per heavy atom. The van der Waals surface area contributed by atoms with E-state index < -0.39 is 0 Å². The predicted octanol–water partition coefficient (Wildman–Crippen LogP) is 1.79. The summed E-state index contributed by atoms with van der Waals surface area (Å²) in [6.07, 6.45) is 2.11. The number of hydrogen-bond acceptors (Lipinski definition) is 5. The lowest BCUT2D eigenvalue weighted by Gasteiger charge is -2.26. The topological polar surface area (TPSA) is 67.6 Å². The Morgan fingerprint density at radius 3 is 3.00 bits per heavy atom. The third kappa shape index (κ3) is 2.63. The highest BCUT2D eigenvalue weighted by molar-refractivity contribution is 5.70. The van der Waals surface area contributed by atoms with E-state index in [0.717, 1.165) is 25.9 Å². The number of nitrogens with one attached hydrogen (secondary N) is 1. The van der Waals surface area contributed by atoms with Gasteiger partial charge in [0, 0.05) is 19.1 Å². The van der Waals surface area contributed by atoms with E-state index in [1.165, 1.54) is 7.11 Å². The first-order chi connectivity index (χ1) is 9.19. The van der Waals surface area contributed by atoms with Gasteiger partial charge in [-0.25, -0.2) is 0 Å². The lowest BCUT2D eigenvalue weighted by molar-refractivity contribution is -0.385. The molecule has 1 aromatic rings. The minimum absolute atomic E-state index is 0.0630. The molecule has 1 aromatic carbocycles. The fourth-order valence-corrected chi connectivity index (χ4v) is 2.69. The van der Waals surface area contributed by atoms with E-state index in [9.17, 15) is 10.1 Å². The van der Waals surface area contributed by atoms with Gasteiger partial charge in [0.05, 0.1) is 12.0 Å². The number of methoxy groups -OCH3 is 1. The SMILES string of the molecule is CNCC1CCCN1c1cccc(OC)c1[N+](=O)[O-]. The van der Waals surface area contributed by atoms with E-state index >= 15 is 0 Å². The van der Waals surface area contributed by atoms with Gasteiger partial charge < -0.3 is 15.0 Å². The van der Waals surface area contributed by atoms with E-state index in [0.29, 0.717) is 17.5 Å². The van der Waals surface area contributed by atoms with Crippen LogP contribution in [0.1, 0.15) is 12.8 Å². The summed E-state index contributed by atoms with van der Waals surface area (Å²) < 4.78 is 5.12. The molecule has 0 saturated carbocycles. The molecule has 1 aliphatic rings. The highest BCUT2D eigenvalue weighted by Crippen LogP contribution is 2.39. The number of benzene rings is 1. The number of ether oxygens (including phenoxy) is 1. The van der Waals surface area contributed by atoms with Crippen molar-refractivity contribution in [3.63, 3.8) is 0 Å². The van der Waals surface area contributed by atoms with Crippen LogP contribution >= 0.6 is 0 Å². The van der Waals surface area contributed by atoms with Gasteiger partial charge >= 0.3 is 5.69 Å². The van der Waals surface area contributed by atoms with Crippen molar-refractivity contribution in [2.45, 2.75) is 18.9 Å². The van der Waals surface area contributed by atoms with Crippen LogP contribution in [0.15, 0.2) is 18.2 Å². The molecule has 0 bridgehead atoms. The highest BCUT2D eigenvalue weighted by atomic mass is 16.6. The molecule has 0 radical (unpaired) electrons. The van der Waals surface area contributed by atoms with Crippen molar-refractivity contribution in [3.05, 3.63) is 28.3 Å². The molecule has 0 amide bonds. The minimum atomic E-state index is -0.358. The maximum Gasteiger partial charge on any atom is 0.333 e. The maximum atomic E-state index is 11.3. The van der Waals surface area contributed by atoms with Gasteiger partial charge in [0.25, 0.3) is 0 Å². The molecule has 6 heteroatoms. The first-order valence-electron chi connectivity index (χ1n) is 6.41. The molecular formula is C13H19N3O3. The van der Waals surface area contributed by atoms with Gasteiger partial charge in [0.15, 0.2) is 5.75 Å². The molecule has 1 fully saturated rings. The normalized spacial score (nSPS) is 18.6. The Hall–Kier alpha value is -1.82. The molecule has 1 unspecified atom stereocenters. The van der Waals surface area contributed by atoms with Crippen LogP contribution in [0.4, 0.5) is 11.4 Å². The lowest BCUT2D eigenvalue weighted by Crippen LogP contribution is -2.37. The average Bonchev–Trinajstić information content (AvgIpc) is 2.86. The fourth-order valence-electron chi connectivity index (χ4n) is 2.69. The molecule has 2 rings (SSSR count). The van der Waals surface area contributed by atoms with Gasteiger partial charge in [-0.3, -0.25) is 10.1 Å². The van der Waals surface area contributed by atoms with Crippen LogP contribution in [-0.2, 0) is 0 Å². The number of nitro groups is 1. The summed E-state index contributed by atoms with van der Waals surface area (Å²) in [5, 5.41) is 14.4. The molecule has 6 nitrogen and oxygen atoms in total. The summed E-state index contributed by atoms with van der Waals surface area (Å²) in [5.41, 5.74) is 0.718. The molecule has 0 aliphatic carbocycles. The number of hydrogen-bond donors (Lipinski definition) is 1. The highest BCUT2D eigenvalue weighted by Gasteiger charge is 2.31. The van der Waals surface area contributed by atoms with Crippen molar-refractivity contribution in [2.75, 3.05) is 32.1 Å². The van der Waals surface area contributed by atoms with Crippen LogP contribution < -0.4 is 15.0 Å². The summed E-state index contributed by atoms with van der Waals surface area (Å²) in [5.74, 6) is 0.317. The second kappa shape index (κ2) is 5.88. The molecule has 1 atom stereocenters. The Labute approximate surface area is 112 Å². The smallest absolute Gasteiger partial charge is 0.333 e. The molecule has 0 spiro atoms. The molecule has 1 aliphatic heterocycles. The summed E-state index contributed by atoms with van der Waals surface area (Å²) in [4.78, 5) is 13.1. The first-order valence-corrected chi connectivity index (χ1v) is 6.41. The van der Waals surface area contributed by atoms with E-state index in [1.807, 2.05) is 7.05 Å². The zero-order chi connectivity index (χ0) is 13.8. The number of nitro benzene ring substituents is 1. The van der Waals surface area contributed by atoms with Crippen molar-refractivity contribution < 1.29 is 9.66 Å². The van der Waals surface area contributed by atoms with Crippen molar-refractivity contribution >= 4 is 11.4 Å². The van der Waals surface area contributed by atoms with Crippen LogP contribution in [0.3, 0.4) is 0 Å². The average molecular weight is 265 g/mol. The molecule has 104 valence electrons. The minimum Gasteiger partial charge on any atom is -0.490 e. The van der Waals surface area contributed by atoms with Gasteiger partial charge in [-0.05, 0) is 32.0 Å². The van der Waals surface area contributed by atoms with Gasteiger partial charge in [-0.1, -0.05) is 6.07 Å². The number of rotatable bonds is 5. The van der Waals surface area contributed by atoms with Gasteiger partial charge in [-0.15, -0.1) is 0 Å². The first kappa shape index (κ1) is 13.6. The van der Waals surface area contributed by atoms with Crippen LogP contribution in [0.2, 0.25) is 0 Å². The number of likely N-dealkylation sites (N-methyl/N-ethyl adjacent to an activating group) is 1. The molecule has 1 saturated heterocycles. The zero-order valence-corrected chi connectivity index (χ0v) is 11.3. The van der Waals surface area contributed by atoms with E-state index in [1.54, 1.807) is 18.2 Å². The Kier molecular flexibility index (Phi) is 4.21. The van der Waals surface area contributed by atoms with E-state index in [-0.39, 0.29) is 10.6 Å². The quantitative estimate of drug-likeness (QED) is 0.649. The van der Waals surface area contributed by atoms with Crippen LogP contribution in [0.25, 0.3) is 0 Å². The Bertz CT molecular complexity index is 464. The third-order valence-corrected chi connectivity index (χ3v) is 3.51. The Balaban J connectivity index is 2.41. The third-order valence-electron chi connectivity index (χ3n) is 3.51. The summed E-state index contributed by atoms with van der Waals surface area (Å²) in [7, 11) is 3.36. The van der Waals surface area contributed by atoms with Crippen LogP contribution in [0, 0.1) is 10.1 Å². The van der Waals surface area contributed by atoms with Crippen molar-refractivity contribution in [1.29, 1.82) is 0 Å². The van der Waals surface area contributed by atoms with Crippen molar-refractivity contribution in [3.8, 4) is 5.75 Å². The number of para-hydroxylation sites is 1. The predicted molar refractivity (Wildman–Crippen MR) is 73.9 cm³/mol. The lowest BCUT2D eigenvalue weighted by atomic mass is 10.2. The number of nitrogens with zero attached hydrogens (tertiary/aromatic N) is 2. The standard InChI is InChI=1S/C13H19N3O3/c1-14-9-10-5-4-8-15(10)11-6-3-7-12(19-2)13(11)16(17)18/h3,6-7,10,14H,4-5,8-9H2,1-2H3. The monoisotopic (exact) mass is 265 g/mol. The fraction of sp³-hybridized carbons (Fsp3) is 0.538. The van der Waals surface area contributed by atoms with Crippen molar-refractivity contribution in [2.24, 2.45) is 0 Å². The van der Waals surface area contributed by atoms with Crippen LogP contribution in [-0.4, -0.2) is 38.2 Å². The summed E-state index contributed by atoms with van der Waals surface area (Å²) >= 11 is 0. The van der Waals surface area contributed by atoms with Crippen LogP contribution in [0.5, 0.6) is 5.75 Å². The number of anilines is 1. The molecule has 19 heavy (non-hydrogen) atoms. The summed E-state index contributed by atoms with van der Waals surface area (Å²) in [6, 6.07) is 5.53. The van der Waals surface area contributed by atoms with Gasteiger partial charge in [0.2, 0.25) is 0 Å². The molecule has 1 heterocycles. The maximum absolute atomic E-state index is 11.3. The Morgan fingerprint density at radius 1 is 1.58 bits per heavy atom. The second-order valence-electron chi connectivity index (χ2n) is 4.63. The molecule has 1 N–H and O–H groups in total. The van der Waals surface area contributed by atoms with Gasteiger partial charge in [-0.2, -0.15) is 0 Å². The zero-order valence-electron chi connectivity index (χ0n) is 11.3. The van der Waals surface area contributed by atoms with Gasteiger partial charge in [0.1, 0.15) is 5.69 Å². The second-order valence-corrected chi connectivity index (χ2v) is 4.63. The molecule has 0 aromatic heterocycles. The largest absolute Gasteiger partial charge is 0.490 e. The van der Waals surface area contributed by atoms with E-state index in [4.69, 9.17) is 4.74 Å².